The minimum atomic E-state index is -5.08. The Kier molecular flexibility index (Phi) is 10.8. The number of hydrogen-bond donors (Lipinski definition) is 3. The number of fused-ring (bicyclic) bond motifs is 1. The van der Waals surface area contributed by atoms with E-state index >= 15 is 4.39 Å². The van der Waals surface area contributed by atoms with Crippen molar-refractivity contribution >= 4 is 51.0 Å². The van der Waals surface area contributed by atoms with Gasteiger partial charge in [-0.15, -0.1) is 0 Å². The highest BCUT2D eigenvalue weighted by Gasteiger charge is 2.41. The van der Waals surface area contributed by atoms with Gasteiger partial charge in [-0.1, -0.05) is 11.6 Å². The fraction of sp³-hybridized carbons (Fsp3) is 0.412. The Morgan fingerprint density at radius 3 is 2.50 bits per heavy atom. The number of nitrogens with zero attached hydrogens (tertiary/aromatic N) is 7. The zero-order valence-corrected chi connectivity index (χ0v) is 30.5. The zero-order valence-electron chi connectivity index (χ0n) is 29.7. The average Bonchev–Trinajstić information content (AvgIpc) is 3.67. The maximum Gasteiger partial charge on any atom is 0.490 e. The predicted octanol–water partition coefficient (Wildman–Crippen LogP) is 7.07. The van der Waals surface area contributed by atoms with E-state index in [1.54, 1.807) is 22.9 Å². The van der Waals surface area contributed by atoms with Crippen molar-refractivity contribution in [3.63, 3.8) is 0 Å². The number of aromatic amines is 1. The van der Waals surface area contributed by atoms with Crippen LogP contribution in [0.4, 0.5) is 46.8 Å². The predicted molar refractivity (Wildman–Crippen MR) is 187 cm³/mol. The number of anilines is 2. The molecule has 0 unspecified atom stereocenters. The van der Waals surface area contributed by atoms with E-state index in [0.29, 0.717) is 10.6 Å². The van der Waals surface area contributed by atoms with Crippen LogP contribution in [0.15, 0.2) is 24.5 Å². The number of aryl methyl sites for hydroxylation is 1. The summed E-state index contributed by atoms with van der Waals surface area (Å²) in [5, 5.41) is 14.1. The van der Waals surface area contributed by atoms with Gasteiger partial charge in [0.15, 0.2) is 5.82 Å². The third kappa shape index (κ3) is 7.73. The minimum absolute atomic E-state index is 0.00726. The monoisotopic (exact) mass is 817 g/mol. The van der Waals surface area contributed by atoms with Crippen LogP contribution in [-0.4, -0.2) is 97.3 Å². The molecule has 13 nitrogen and oxygen atoms in total. The van der Waals surface area contributed by atoms with Crippen LogP contribution in [0.3, 0.4) is 0 Å². The highest BCUT2D eigenvalue weighted by atomic mass is 35.5. The first-order chi connectivity index (χ1) is 26.2. The number of ether oxygens (including phenoxy) is 2. The van der Waals surface area contributed by atoms with Crippen molar-refractivity contribution in [1.82, 2.24) is 35.0 Å². The van der Waals surface area contributed by atoms with Crippen LogP contribution < -0.4 is 20.1 Å². The highest BCUT2D eigenvalue weighted by molar-refractivity contribution is 6.30. The number of carboxylic acid groups (broad SMARTS) is 1. The van der Waals surface area contributed by atoms with E-state index in [1.165, 1.54) is 25.4 Å². The van der Waals surface area contributed by atoms with E-state index in [4.69, 9.17) is 36.7 Å². The lowest BCUT2D eigenvalue weighted by Gasteiger charge is -2.35. The number of nitrogens with two attached hydrogens (primary N) is 1. The number of carboxylic acids is 1. The summed E-state index contributed by atoms with van der Waals surface area (Å²) in [5.74, 6) is -3.74. The molecule has 0 radical (unpaired) electrons. The molecule has 300 valence electrons. The van der Waals surface area contributed by atoms with Gasteiger partial charge < -0.3 is 25.2 Å². The first-order valence-electron chi connectivity index (χ1n) is 16.7. The summed E-state index contributed by atoms with van der Waals surface area (Å²) >= 11 is 6.28. The number of likely N-dealkylation sites (tertiary alicyclic amines) is 1. The molecule has 0 saturated carbocycles. The van der Waals surface area contributed by atoms with E-state index in [0.717, 1.165) is 0 Å². The molecule has 2 aliphatic heterocycles. The number of aliphatic carboxylic acids is 1. The van der Waals surface area contributed by atoms with Crippen LogP contribution >= 0.6 is 11.6 Å². The number of likely N-dealkylation sites (N-methyl/N-ethyl adjacent to an activating group) is 1. The average molecular weight is 818 g/mol. The number of rotatable bonds is 6. The molecule has 0 spiro atoms. The minimum Gasteiger partial charge on any atom is -0.475 e. The molecule has 56 heavy (non-hydrogen) atoms. The Labute approximate surface area is 316 Å². The summed E-state index contributed by atoms with van der Waals surface area (Å²) in [5.41, 5.74) is 4.31. The number of hydrogen-bond acceptors (Lipinski definition) is 11. The lowest BCUT2D eigenvalue weighted by Crippen LogP contribution is -2.39. The lowest BCUT2D eigenvalue weighted by atomic mass is 9.94. The quantitative estimate of drug-likeness (QED) is 0.149. The molecule has 6 heterocycles. The summed E-state index contributed by atoms with van der Waals surface area (Å²) in [6.07, 6.45) is -8.19. The van der Waals surface area contributed by atoms with Crippen LogP contribution in [-0.2, 0) is 11.0 Å². The summed E-state index contributed by atoms with van der Waals surface area (Å²) in [7, 11) is 1.76. The Morgan fingerprint density at radius 2 is 1.88 bits per heavy atom. The smallest absolute Gasteiger partial charge is 0.475 e. The summed E-state index contributed by atoms with van der Waals surface area (Å²) in [6, 6.07) is 1.33. The van der Waals surface area contributed by atoms with Crippen LogP contribution in [0.2, 0.25) is 5.02 Å². The van der Waals surface area contributed by atoms with Crippen molar-refractivity contribution in [3.05, 3.63) is 52.1 Å². The third-order valence-electron chi connectivity index (χ3n) is 9.42. The van der Waals surface area contributed by atoms with Crippen molar-refractivity contribution in [1.29, 1.82) is 0 Å². The molecule has 1 fully saturated rings. The molecule has 1 saturated heterocycles. The topological polar surface area (TPSA) is 168 Å². The molecule has 5 aromatic rings. The SMILES string of the molecule is Cc1cc2[nH]ncc2c(-c2nc3c4c(nc(OC[C@@H]5C[C@@H](F)CN5C)nc4c2F)N([C@H](C)c2cc(Cl)cnc2N)[C@@H](C)CO3)c1C(F)(F)F.O=C(O)C(F)(F)F. The Hall–Kier alpha value is -5.31. The number of aromatic nitrogens is 6. The van der Waals surface area contributed by atoms with Gasteiger partial charge in [-0.25, -0.2) is 23.5 Å². The van der Waals surface area contributed by atoms with E-state index in [-0.39, 0.29) is 83.1 Å². The highest BCUT2D eigenvalue weighted by Crippen LogP contribution is 2.47. The second kappa shape index (κ2) is 15.0. The first kappa shape index (κ1) is 40.4. The number of pyridine rings is 2. The van der Waals surface area contributed by atoms with Gasteiger partial charge in [0.1, 0.15) is 47.6 Å². The third-order valence-corrected chi connectivity index (χ3v) is 9.63. The second-order valence-corrected chi connectivity index (χ2v) is 13.8. The van der Waals surface area contributed by atoms with E-state index < -0.39 is 59.2 Å². The Bertz CT molecular complexity index is 2310. The second-order valence-electron chi connectivity index (χ2n) is 13.3. The molecule has 0 bridgehead atoms. The molecule has 0 aliphatic carbocycles. The molecule has 22 heteroatoms. The molecule has 0 amide bonds. The molecule has 4 atom stereocenters. The van der Waals surface area contributed by atoms with Crippen molar-refractivity contribution < 1.29 is 54.5 Å². The van der Waals surface area contributed by atoms with E-state index in [9.17, 15) is 30.7 Å². The van der Waals surface area contributed by atoms with Crippen LogP contribution in [0.25, 0.3) is 33.1 Å². The summed E-state index contributed by atoms with van der Waals surface area (Å²) in [6.45, 7) is 5.11. The number of nitrogen functional groups attached to an aromatic ring is 1. The van der Waals surface area contributed by atoms with Gasteiger partial charge in [-0.3, -0.25) is 10.00 Å². The van der Waals surface area contributed by atoms with Gasteiger partial charge in [0.2, 0.25) is 5.88 Å². The van der Waals surface area contributed by atoms with E-state index in [2.05, 4.69) is 30.1 Å². The normalized spacial score (nSPS) is 19.4. The lowest BCUT2D eigenvalue weighted by molar-refractivity contribution is -0.192. The Morgan fingerprint density at radius 1 is 1.18 bits per heavy atom. The van der Waals surface area contributed by atoms with Gasteiger partial charge in [0.25, 0.3) is 0 Å². The maximum atomic E-state index is 17.1. The maximum absolute atomic E-state index is 17.1. The molecular formula is C34H32ClF8N9O4. The molecule has 4 N–H and O–H groups in total. The Balaban J connectivity index is 0.000000695. The van der Waals surface area contributed by atoms with Crippen LogP contribution in [0.1, 0.15) is 43.0 Å². The molecule has 2 aliphatic rings. The van der Waals surface area contributed by atoms with Gasteiger partial charge in [-0.2, -0.15) is 41.4 Å². The fourth-order valence-electron chi connectivity index (χ4n) is 6.84. The van der Waals surface area contributed by atoms with Crippen molar-refractivity contribution in [2.24, 2.45) is 0 Å². The molecule has 7 rings (SSSR count). The first-order valence-corrected chi connectivity index (χ1v) is 17.1. The van der Waals surface area contributed by atoms with Crippen molar-refractivity contribution in [3.8, 4) is 23.1 Å². The van der Waals surface area contributed by atoms with Crippen molar-refractivity contribution in [2.45, 2.75) is 63.8 Å². The molecular weight excluding hydrogens is 786 g/mol. The van der Waals surface area contributed by atoms with Gasteiger partial charge >= 0.3 is 24.3 Å². The van der Waals surface area contributed by atoms with Gasteiger partial charge in [0.05, 0.1) is 34.4 Å². The summed E-state index contributed by atoms with van der Waals surface area (Å²) in [4.78, 5) is 30.2. The number of H-pyrrole nitrogens is 1. The van der Waals surface area contributed by atoms with Gasteiger partial charge in [-0.05, 0) is 51.9 Å². The number of benzene rings is 1. The molecule has 4 aromatic heterocycles. The number of carbonyl (C=O) groups is 1. The fourth-order valence-corrected chi connectivity index (χ4v) is 7.01. The molecule has 1 aromatic carbocycles. The van der Waals surface area contributed by atoms with Crippen molar-refractivity contribution in [2.75, 3.05) is 37.4 Å². The standard InChI is InChI=1S/C32H31ClF5N9O2.C2HF3O2/c1-13-5-21-20(9-41-45-21)22(24(13)32(36,37)38)26-25(35)27-23-29(44-31(43-27)49-12-18-7-17(34)10-46(18)4)47(14(2)11-48-30(23)42-26)15(3)19-6-16(33)8-40-28(19)39;3-2(4,5)1(6)7/h5-6,8-9,14-15,17-18H,7,10-12H2,1-4H3,(H2,39,40)(H,41,45);(H,6,7)/t14-,15+,17+,18-;/m0./s1. The zero-order chi connectivity index (χ0) is 41.0. The van der Waals surface area contributed by atoms with Crippen LogP contribution in [0, 0.1) is 12.7 Å². The van der Waals surface area contributed by atoms with E-state index in [1.807, 2.05) is 13.8 Å². The largest absolute Gasteiger partial charge is 0.490 e. The number of halogens is 9. The number of alkyl halides is 7. The van der Waals surface area contributed by atoms with Crippen LogP contribution in [0.5, 0.6) is 11.9 Å². The number of nitrogens with one attached hydrogen (secondary N) is 1. The van der Waals surface area contributed by atoms with Gasteiger partial charge in [0, 0.05) is 35.3 Å². The summed E-state index contributed by atoms with van der Waals surface area (Å²) < 4.78 is 119.